The van der Waals surface area contributed by atoms with Gasteiger partial charge in [0.1, 0.15) is 11.5 Å². The number of rotatable bonds is 7. The third-order valence-corrected chi connectivity index (χ3v) is 5.37. The number of hydrogen-bond donors (Lipinski definition) is 0. The standard InChI is InChI=1S/C21H25N3O3/c1-23(13-18-11-19(27-22-18)17-7-8-17)21(26)14-24-12-16(10-20(24)25)9-15-5-3-2-4-6-15/h2-6,11,16-17H,7-10,12-14H2,1H3/t16-/m0/s1. The zero-order valence-corrected chi connectivity index (χ0v) is 15.6. The Morgan fingerprint density at radius 3 is 2.81 bits per heavy atom. The van der Waals surface area contributed by atoms with Crippen LogP contribution >= 0.6 is 0 Å². The van der Waals surface area contributed by atoms with Crippen LogP contribution in [0.15, 0.2) is 40.9 Å². The molecule has 1 aliphatic heterocycles. The first-order valence-corrected chi connectivity index (χ1v) is 9.59. The second-order valence-corrected chi connectivity index (χ2v) is 7.78. The van der Waals surface area contributed by atoms with E-state index in [0.29, 0.717) is 25.4 Å². The number of aromatic nitrogens is 1. The van der Waals surface area contributed by atoms with Crippen molar-refractivity contribution in [3.8, 4) is 0 Å². The van der Waals surface area contributed by atoms with Crippen LogP contribution in [0.5, 0.6) is 0 Å². The molecule has 6 heteroatoms. The first-order chi connectivity index (χ1) is 13.1. The van der Waals surface area contributed by atoms with E-state index in [4.69, 9.17) is 4.52 Å². The van der Waals surface area contributed by atoms with Crippen LogP contribution in [-0.2, 0) is 22.6 Å². The Kier molecular flexibility index (Phi) is 4.97. The van der Waals surface area contributed by atoms with Crippen LogP contribution in [0.2, 0.25) is 0 Å². The second kappa shape index (κ2) is 7.55. The second-order valence-electron chi connectivity index (χ2n) is 7.78. The summed E-state index contributed by atoms with van der Waals surface area (Å²) >= 11 is 0. The molecule has 1 saturated carbocycles. The lowest BCUT2D eigenvalue weighted by molar-refractivity contribution is -0.137. The van der Waals surface area contributed by atoms with E-state index in [9.17, 15) is 9.59 Å². The molecule has 4 rings (SSSR count). The van der Waals surface area contributed by atoms with Crippen LogP contribution in [0.1, 0.15) is 42.2 Å². The zero-order valence-electron chi connectivity index (χ0n) is 15.6. The molecule has 2 aromatic rings. The molecule has 1 atom stereocenters. The molecule has 2 amide bonds. The maximum atomic E-state index is 12.5. The van der Waals surface area contributed by atoms with E-state index in [1.54, 1.807) is 16.8 Å². The van der Waals surface area contributed by atoms with Crippen molar-refractivity contribution in [3.05, 3.63) is 53.4 Å². The SMILES string of the molecule is CN(Cc1cc(C2CC2)on1)C(=O)CN1C[C@@H](Cc2ccccc2)CC1=O. The molecule has 2 aliphatic rings. The van der Waals surface area contributed by atoms with Crippen molar-refractivity contribution in [1.82, 2.24) is 15.0 Å². The van der Waals surface area contributed by atoms with Crippen molar-refractivity contribution in [1.29, 1.82) is 0 Å². The summed E-state index contributed by atoms with van der Waals surface area (Å²) in [7, 11) is 1.75. The van der Waals surface area contributed by atoms with Gasteiger partial charge in [-0.05, 0) is 30.7 Å². The molecule has 0 N–H and O–H groups in total. The van der Waals surface area contributed by atoms with E-state index in [0.717, 1.165) is 30.7 Å². The average Bonchev–Trinajstić information content (AvgIpc) is 3.31. The van der Waals surface area contributed by atoms with Gasteiger partial charge in [-0.1, -0.05) is 35.5 Å². The van der Waals surface area contributed by atoms with Gasteiger partial charge >= 0.3 is 0 Å². The molecular weight excluding hydrogens is 342 g/mol. The number of carbonyl (C=O) groups is 2. The maximum Gasteiger partial charge on any atom is 0.242 e. The molecule has 0 radical (unpaired) electrons. The van der Waals surface area contributed by atoms with E-state index in [-0.39, 0.29) is 24.3 Å². The van der Waals surface area contributed by atoms with Crippen molar-refractivity contribution in [2.24, 2.45) is 5.92 Å². The molecule has 0 spiro atoms. The van der Waals surface area contributed by atoms with Crippen LogP contribution in [-0.4, -0.2) is 46.9 Å². The molecule has 1 aromatic carbocycles. The van der Waals surface area contributed by atoms with Gasteiger partial charge in [-0.25, -0.2) is 0 Å². The van der Waals surface area contributed by atoms with E-state index in [1.165, 1.54) is 5.56 Å². The van der Waals surface area contributed by atoms with E-state index in [2.05, 4.69) is 17.3 Å². The molecule has 2 heterocycles. The monoisotopic (exact) mass is 367 g/mol. The largest absolute Gasteiger partial charge is 0.361 e. The van der Waals surface area contributed by atoms with Gasteiger partial charge in [0.2, 0.25) is 11.8 Å². The summed E-state index contributed by atoms with van der Waals surface area (Å²) in [6, 6.07) is 12.1. The summed E-state index contributed by atoms with van der Waals surface area (Å²) in [5, 5.41) is 4.06. The normalized spacial score (nSPS) is 19.5. The molecule has 1 aromatic heterocycles. The predicted molar refractivity (Wildman–Crippen MR) is 99.8 cm³/mol. The fourth-order valence-electron chi connectivity index (χ4n) is 3.67. The third-order valence-electron chi connectivity index (χ3n) is 5.37. The number of carbonyl (C=O) groups excluding carboxylic acids is 2. The van der Waals surface area contributed by atoms with E-state index >= 15 is 0 Å². The minimum absolute atomic E-state index is 0.0649. The highest BCUT2D eigenvalue weighted by Gasteiger charge is 2.32. The summed E-state index contributed by atoms with van der Waals surface area (Å²) in [5.74, 6) is 1.70. The molecular formula is C21H25N3O3. The molecule has 142 valence electrons. The van der Waals surface area contributed by atoms with Gasteiger partial charge in [0.15, 0.2) is 0 Å². The molecule has 0 bridgehead atoms. The van der Waals surface area contributed by atoms with Gasteiger partial charge in [-0.15, -0.1) is 0 Å². The number of amides is 2. The smallest absolute Gasteiger partial charge is 0.242 e. The van der Waals surface area contributed by atoms with Crippen molar-refractivity contribution in [2.45, 2.75) is 38.1 Å². The summed E-state index contributed by atoms with van der Waals surface area (Å²) in [6.45, 7) is 1.18. The minimum atomic E-state index is -0.0697. The number of likely N-dealkylation sites (N-methyl/N-ethyl adjacent to an activating group) is 1. The summed E-state index contributed by atoms with van der Waals surface area (Å²) in [4.78, 5) is 28.1. The molecule has 6 nitrogen and oxygen atoms in total. The lowest BCUT2D eigenvalue weighted by Crippen LogP contribution is -2.39. The summed E-state index contributed by atoms with van der Waals surface area (Å²) < 4.78 is 5.34. The number of likely N-dealkylation sites (tertiary alicyclic amines) is 1. The quantitative estimate of drug-likeness (QED) is 0.754. The van der Waals surface area contributed by atoms with Gasteiger partial charge in [0.05, 0.1) is 13.1 Å². The highest BCUT2D eigenvalue weighted by molar-refractivity contribution is 5.86. The molecule has 0 unspecified atom stereocenters. The van der Waals surface area contributed by atoms with Gasteiger partial charge in [-0.2, -0.15) is 0 Å². The van der Waals surface area contributed by atoms with Crippen molar-refractivity contribution >= 4 is 11.8 Å². The van der Waals surface area contributed by atoms with Gasteiger partial charge in [0, 0.05) is 32.0 Å². The number of hydrogen-bond acceptors (Lipinski definition) is 4. The van der Waals surface area contributed by atoms with Crippen LogP contribution in [0.3, 0.4) is 0 Å². The first kappa shape index (κ1) is 17.8. The van der Waals surface area contributed by atoms with Crippen LogP contribution < -0.4 is 0 Å². The fraction of sp³-hybridized carbons (Fsp3) is 0.476. The highest BCUT2D eigenvalue weighted by atomic mass is 16.5. The zero-order chi connectivity index (χ0) is 18.8. The molecule has 1 aliphatic carbocycles. The fourth-order valence-corrected chi connectivity index (χ4v) is 3.67. The third kappa shape index (κ3) is 4.38. The lowest BCUT2D eigenvalue weighted by atomic mass is 9.99. The summed E-state index contributed by atoms with van der Waals surface area (Å²) in [5.41, 5.74) is 2.00. The van der Waals surface area contributed by atoms with Crippen LogP contribution in [0.4, 0.5) is 0 Å². The predicted octanol–water partition coefficient (Wildman–Crippen LogP) is 2.60. The highest BCUT2D eigenvalue weighted by Crippen LogP contribution is 2.40. The van der Waals surface area contributed by atoms with E-state index < -0.39 is 0 Å². The molecule has 2 fully saturated rings. The lowest BCUT2D eigenvalue weighted by Gasteiger charge is -2.21. The Balaban J connectivity index is 1.28. The molecule has 27 heavy (non-hydrogen) atoms. The van der Waals surface area contributed by atoms with E-state index in [1.807, 2.05) is 24.3 Å². The Morgan fingerprint density at radius 2 is 2.07 bits per heavy atom. The first-order valence-electron chi connectivity index (χ1n) is 9.59. The topological polar surface area (TPSA) is 66.7 Å². The van der Waals surface area contributed by atoms with Crippen molar-refractivity contribution < 1.29 is 14.1 Å². The van der Waals surface area contributed by atoms with Crippen LogP contribution in [0, 0.1) is 5.92 Å². The minimum Gasteiger partial charge on any atom is -0.361 e. The van der Waals surface area contributed by atoms with Gasteiger partial charge in [0.25, 0.3) is 0 Å². The Morgan fingerprint density at radius 1 is 1.30 bits per heavy atom. The Labute approximate surface area is 159 Å². The van der Waals surface area contributed by atoms with Crippen molar-refractivity contribution in [3.63, 3.8) is 0 Å². The average molecular weight is 367 g/mol. The maximum absolute atomic E-state index is 12.5. The molecule has 1 saturated heterocycles. The summed E-state index contributed by atoms with van der Waals surface area (Å²) in [6.07, 6.45) is 3.70. The Bertz CT molecular complexity index is 813. The number of nitrogens with zero attached hydrogens (tertiary/aromatic N) is 3. The van der Waals surface area contributed by atoms with Gasteiger partial charge < -0.3 is 14.3 Å². The van der Waals surface area contributed by atoms with Gasteiger partial charge in [-0.3, -0.25) is 9.59 Å². The number of benzene rings is 1. The van der Waals surface area contributed by atoms with Crippen molar-refractivity contribution in [2.75, 3.05) is 20.1 Å². The van der Waals surface area contributed by atoms with Crippen LogP contribution in [0.25, 0.3) is 0 Å². The Hall–Kier alpha value is -2.63.